The highest BCUT2D eigenvalue weighted by molar-refractivity contribution is 6.31. The van der Waals surface area contributed by atoms with Crippen LogP contribution in [0, 0.1) is 0 Å². The second-order valence-electron chi connectivity index (χ2n) is 4.79. The Balaban J connectivity index is 1.99. The third-order valence-corrected chi connectivity index (χ3v) is 3.81. The van der Waals surface area contributed by atoms with Crippen molar-refractivity contribution in [2.45, 2.75) is 13.3 Å². The molecule has 2 aromatic carbocycles. The summed E-state index contributed by atoms with van der Waals surface area (Å²) in [5, 5.41) is 3.91. The summed E-state index contributed by atoms with van der Waals surface area (Å²) in [4.78, 5) is 12.0. The molecule has 122 valence electrons. The second kappa shape index (κ2) is 8.09. The van der Waals surface area contributed by atoms with Crippen molar-refractivity contribution in [2.24, 2.45) is 0 Å². The van der Waals surface area contributed by atoms with Crippen molar-refractivity contribution >= 4 is 34.8 Å². The summed E-state index contributed by atoms with van der Waals surface area (Å²) >= 11 is 12.0. The van der Waals surface area contributed by atoms with Crippen molar-refractivity contribution in [3.8, 4) is 11.5 Å². The van der Waals surface area contributed by atoms with Crippen molar-refractivity contribution in [1.29, 1.82) is 0 Å². The standard InChI is InChI=1S/C17H17Cl2NO3/c1-3-11-8-13(5-6-14(11)19)23-10-17(21)20-15-9-12(18)4-7-16(15)22-2/h4-9H,3,10H2,1-2H3,(H,20,21). The van der Waals surface area contributed by atoms with E-state index in [2.05, 4.69) is 5.32 Å². The highest BCUT2D eigenvalue weighted by Crippen LogP contribution is 2.27. The summed E-state index contributed by atoms with van der Waals surface area (Å²) in [6, 6.07) is 10.3. The van der Waals surface area contributed by atoms with E-state index in [1.54, 1.807) is 30.3 Å². The molecule has 4 nitrogen and oxygen atoms in total. The van der Waals surface area contributed by atoms with Crippen molar-refractivity contribution in [3.05, 3.63) is 52.0 Å². The zero-order valence-electron chi connectivity index (χ0n) is 12.9. The van der Waals surface area contributed by atoms with E-state index in [1.807, 2.05) is 13.0 Å². The van der Waals surface area contributed by atoms with Gasteiger partial charge in [0.05, 0.1) is 12.8 Å². The van der Waals surface area contributed by atoms with Crippen LogP contribution in [-0.4, -0.2) is 19.6 Å². The molecule has 23 heavy (non-hydrogen) atoms. The molecule has 0 fully saturated rings. The number of methoxy groups -OCH3 is 1. The SMILES string of the molecule is CCc1cc(OCC(=O)Nc2cc(Cl)ccc2OC)ccc1Cl. The van der Waals surface area contributed by atoms with E-state index in [0.29, 0.717) is 27.2 Å². The third-order valence-electron chi connectivity index (χ3n) is 3.20. The molecule has 0 aliphatic rings. The summed E-state index contributed by atoms with van der Waals surface area (Å²) in [7, 11) is 1.52. The number of hydrogen-bond acceptors (Lipinski definition) is 3. The maximum atomic E-state index is 12.0. The van der Waals surface area contributed by atoms with E-state index in [1.165, 1.54) is 7.11 Å². The maximum absolute atomic E-state index is 12.0. The summed E-state index contributed by atoms with van der Waals surface area (Å²) in [6.07, 6.45) is 0.794. The lowest BCUT2D eigenvalue weighted by atomic mass is 10.1. The average molecular weight is 354 g/mol. The number of carbonyl (C=O) groups is 1. The zero-order valence-corrected chi connectivity index (χ0v) is 14.4. The average Bonchev–Trinajstić information content (AvgIpc) is 2.54. The van der Waals surface area contributed by atoms with Gasteiger partial charge in [-0.25, -0.2) is 0 Å². The first-order valence-electron chi connectivity index (χ1n) is 7.08. The molecule has 1 amide bonds. The Bertz CT molecular complexity index is 704. The van der Waals surface area contributed by atoms with Gasteiger partial charge in [-0.15, -0.1) is 0 Å². The van der Waals surface area contributed by atoms with Crippen molar-refractivity contribution in [3.63, 3.8) is 0 Å². The van der Waals surface area contributed by atoms with Crippen molar-refractivity contribution in [2.75, 3.05) is 19.0 Å². The van der Waals surface area contributed by atoms with Gasteiger partial charge in [-0.1, -0.05) is 30.1 Å². The predicted octanol–water partition coefficient (Wildman–Crippen LogP) is 4.58. The number of ether oxygens (including phenoxy) is 2. The molecule has 0 radical (unpaired) electrons. The number of amides is 1. The fourth-order valence-electron chi connectivity index (χ4n) is 2.02. The molecule has 2 aromatic rings. The second-order valence-corrected chi connectivity index (χ2v) is 5.63. The largest absolute Gasteiger partial charge is 0.495 e. The molecule has 0 spiro atoms. The van der Waals surface area contributed by atoms with Crippen LogP contribution >= 0.6 is 23.2 Å². The monoisotopic (exact) mass is 353 g/mol. The number of halogens is 2. The molecule has 0 saturated heterocycles. The van der Waals surface area contributed by atoms with Crippen LogP contribution in [0.25, 0.3) is 0 Å². The number of rotatable bonds is 6. The molecule has 2 rings (SSSR count). The minimum absolute atomic E-state index is 0.125. The number of nitrogens with one attached hydrogen (secondary N) is 1. The predicted molar refractivity (Wildman–Crippen MR) is 93.0 cm³/mol. The molecule has 0 unspecified atom stereocenters. The van der Waals surface area contributed by atoms with Gasteiger partial charge < -0.3 is 14.8 Å². The maximum Gasteiger partial charge on any atom is 0.262 e. The van der Waals surface area contributed by atoms with Crippen LogP contribution in [-0.2, 0) is 11.2 Å². The third kappa shape index (κ3) is 4.78. The number of benzene rings is 2. The van der Waals surface area contributed by atoms with Crippen LogP contribution in [0.1, 0.15) is 12.5 Å². The Kier molecular flexibility index (Phi) is 6.13. The quantitative estimate of drug-likeness (QED) is 0.826. The number of anilines is 1. The van der Waals surface area contributed by atoms with Crippen molar-refractivity contribution < 1.29 is 14.3 Å². The fraction of sp³-hybridized carbons (Fsp3) is 0.235. The molecule has 0 bridgehead atoms. The fourth-order valence-corrected chi connectivity index (χ4v) is 2.45. The molecule has 0 saturated carbocycles. The minimum Gasteiger partial charge on any atom is -0.495 e. The molecule has 0 heterocycles. The molecule has 0 atom stereocenters. The minimum atomic E-state index is -0.307. The van der Waals surface area contributed by atoms with Crippen LogP contribution in [0.4, 0.5) is 5.69 Å². The Morgan fingerprint density at radius 1 is 1.17 bits per heavy atom. The van der Waals surface area contributed by atoms with Gasteiger partial charge in [0.15, 0.2) is 6.61 Å². The van der Waals surface area contributed by atoms with Crippen LogP contribution in [0.3, 0.4) is 0 Å². The molecule has 0 aliphatic carbocycles. The van der Waals surface area contributed by atoms with E-state index in [-0.39, 0.29) is 12.5 Å². The lowest BCUT2D eigenvalue weighted by Gasteiger charge is -2.12. The Hall–Kier alpha value is -1.91. The topological polar surface area (TPSA) is 47.6 Å². The van der Waals surface area contributed by atoms with Gasteiger partial charge in [0.25, 0.3) is 5.91 Å². The van der Waals surface area contributed by atoms with E-state index in [4.69, 9.17) is 32.7 Å². The van der Waals surface area contributed by atoms with Crippen molar-refractivity contribution in [1.82, 2.24) is 0 Å². The molecule has 0 aliphatic heterocycles. The van der Waals surface area contributed by atoms with E-state index < -0.39 is 0 Å². The van der Waals surface area contributed by atoms with Gasteiger partial charge in [0, 0.05) is 10.0 Å². The summed E-state index contributed by atoms with van der Waals surface area (Å²) in [6.45, 7) is 1.88. The highest BCUT2D eigenvalue weighted by atomic mass is 35.5. The smallest absolute Gasteiger partial charge is 0.262 e. The molecule has 6 heteroatoms. The van der Waals surface area contributed by atoms with Gasteiger partial charge in [-0.3, -0.25) is 4.79 Å². The summed E-state index contributed by atoms with van der Waals surface area (Å²) in [5.41, 5.74) is 1.47. The first-order chi connectivity index (χ1) is 11.0. The molecule has 0 aromatic heterocycles. The number of hydrogen-bond donors (Lipinski definition) is 1. The van der Waals surface area contributed by atoms with Crippen LogP contribution in [0.5, 0.6) is 11.5 Å². The van der Waals surface area contributed by atoms with Crippen LogP contribution < -0.4 is 14.8 Å². The van der Waals surface area contributed by atoms with Gasteiger partial charge in [-0.05, 0) is 48.4 Å². The number of carbonyl (C=O) groups excluding carboxylic acids is 1. The molecule has 1 N–H and O–H groups in total. The van der Waals surface area contributed by atoms with Gasteiger partial charge >= 0.3 is 0 Å². The summed E-state index contributed by atoms with van der Waals surface area (Å²) < 4.78 is 10.7. The van der Waals surface area contributed by atoms with E-state index >= 15 is 0 Å². The van der Waals surface area contributed by atoms with Gasteiger partial charge in [0.2, 0.25) is 0 Å². The first kappa shape index (κ1) is 17.4. The van der Waals surface area contributed by atoms with E-state index in [9.17, 15) is 4.79 Å². The lowest BCUT2D eigenvalue weighted by molar-refractivity contribution is -0.118. The molecular formula is C17H17Cl2NO3. The Morgan fingerprint density at radius 3 is 2.65 bits per heavy atom. The Morgan fingerprint density at radius 2 is 1.96 bits per heavy atom. The molecular weight excluding hydrogens is 337 g/mol. The highest BCUT2D eigenvalue weighted by Gasteiger charge is 2.09. The summed E-state index contributed by atoms with van der Waals surface area (Å²) in [5.74, 6) is 0.820. The zero-order chi connectivity index (χ0) is 16.8. The lowest BCUT2D eigenvalue weighted by Crippen LogP contribution is -2.20. The van der Waals surface area contributed by atoms with Crippen LogP contribution in [0.15, 0.2) is 36.4 Å². The van der Waals surface area contributed by atoms with E-state index in [0.717, 1.165) is 12.0 Å². The Labute approximate surface area is 145 Å². The number of aryl methyl sites for hydroxylation is 1. The van der Waals surface area contributed by atoms with Gasteiger partial charge in [-0.2, -0.15) is 0 Å². The van der Waals surface area contributed by atoms with Gasteiger partial charge in [0.1, 0.15) is 11.5 Å². The normalized spacial score (nSPS) is 10.3. The van der Waals surface area contributed by atoms with Crippen LogP contribution in [0.2, 0.25) is 10.0 Å². The first-order valence-corrected chi connectivity index (χ1v) is 7.83.